The van der Waals surface area contributed by atoms with Gasteiger partial charge in [0.15, 0.2) is 0 Å². The van der Waals surface area contributed by atoms with Crippen molar-refractivity contribution in [1.29, 1.82) is 0 Å². The molecule has 0 spiro atoms. The summed E-state index contributed by atoms with van der Waals surface area (Å²) in [7, 11) is -3.40. The monoisotopic (exact) mass is 518 g/mol. The number of aromatic nitrogens is 1. The molecule has 0 radical (unpaired) electrons. The molecule has 2 fully saturated rings. The number of benzene rings is 1. The Morgan fingerprint density at radius 3 is 1.97 bits per heavy atom. The van der Waals surface area contributed by atoms with Gasteiger partial charge in [-0.15, -0.1) is 24.8 Å². The molecule has 10 heteroatoms. The summed E-state index contributed by atoms with van der Waals surface area (Å²) in [5.41, 5.74) is 1.98. The molecule has 3 heterocycles. The van der Waals surface area contributed by atoms with E-state index in [2.05, 4.69) is 40.8 Å². The van der Waals surface area contributed by atoms with Crippen LogP contribution in [0.1, 0.15) is 13.8 Å². The number of pyridine rings is 1. The molecule has 0 bridgehead atoms. The van der Waals surface area contributed by atoms with E-state index in [0.717, 1.165) is 54.6 Å². The van der Waals surface area contributed by atoms with E-state index in [1.807, 2.05) is 18.3 Å². The normalized spacial score (nSPS) is 18.2. The Balaban J connectivity index is 0.00000181. The van der Waals surface area contributed by atoms with E-state index >= 15 is 0 Å². The Labute approximate surface area is 208 Å². The van der Waals surface area contributed by atoms with Crippen LogP contribution in [-0.4, -0.2) is 79.4 Å². The molecule has 178 valence electrons. The number of hydrogen-bond donors (Lipinski definition) is 0. The topological polar surface area (TPSA) is 56.8 Å². The van der Waals surface area contributed by atoms with Gasteiger partial charge in [-0.05, 0) is 43.7 Å². The average Bonchev–Trinajstić information content (AvgIpc) is 2.80. The first-order valence-corrected chi connectivity index (χ1v) is 13.2. The summed E-state index contributed by atoms with van der Waals surface area (Å²) in [6, 6.07) is 11.9. The summed E-state index contributed by atoms with van der Waals surface area (Å²) in [5.74, 6) is 2.73. The maximum Gasteiger partial charge on any atom is 0.243 e. The molecule has 4 rings (SSSR count). The minimum atomic E-state index is -3.40. The van der Waals surface area contributed by atoms with E-state index in [1.165, 1.54) is 0 Å². The van der Waals surface area contributed by atoms with Gasteiger partial charge >= 0.3 is 0 Å². The molecule has 2 aliphatic heterocycles. The summed E-state index contributed by atoms with van der Waals surface area (Å²) < 4.78 is 27.2. The van der Waals surface area contributed by atoms with Gasteiger partial charge in [0.05, 0.1) is 4.90 Å². The van der Waals surface area contributed by atoms with Crippen LogP contribution in [0.3, 0.4) is 0 Å². The largest absolute Gasteiger partial charge is 0.354 e. The zero-order valence-electron chi connectivity index (χ0n) is 18.5. The fourth-order valence-corrected chi connectivity index (χ4v) is 6.54. The second-order valence-electron chi connectivity index (χ2n) is 8.06. The van der Waals surface area contributed by atoms with Crippen molar-refractivity contribution < 1.29 is 8.42 Å². The van der Waals surface area contributed by atoms with Gasteiger partial charge in [0.2, 0.25) is 10.0 Å². The highest BCUT2D eigenvalue weighted by Crippen LogP contribution is 2.25. The lowest BCUT2D eigenvalue weighted by molar-refractivity contribution is 0.209. The Kier molecular flexibility index (Phi) is 10.1. The van der Waals surface area contributed by atoms with Crippen molar-refractivity contribution in [3.05, 3.63) is 42.6 Å². The number of thioether (sulfide) groups is 1. The highest BCUT2D eigenvalue weighted by atomic mass is 35.5. The van der Waals surface area contributed by atoms with Crippen LogP contribution in [0.15, 0.2) is 47.5 Å². The fraction of sp³-hybridized carbons (Fsp3) is 0.500. The maximum absolute atomic E-state index is 12.8. The Bertz CT molecular complexity index is 943. The van der Waals surface area contributed by atoms with E-state index in [0.29, 0.717) is 24.0 Å². The molecule has 0 N–H and O–H groups in total. The summed E-state index contributed by atoms with van der Waals surface area (Å²) in [4.78, 5) is 9.86. The second kappa shape index (κ2) is 11.9. The number of hydrogen-bond acceptors (Lipinski definition) is 6. The molecule has 0 amide bonds. The molecule has 0 saturated carbocycles. The number of anilines is 1. The van der Waals surface area contributed by atoms with Gasteiger partial charge in [0.25, 0.3) is 0 Å². The molecule has 6 nitrogen and oxygen atoms in total. The van der Waals surface area contributed by atoms with Crippen LogP contribution >= 0.6 is 36.6 Å². The maximum atomic E-state index is 12.8. The third kappa shape index (κ3) is 6.10. The number of nitrogens with zero attached hydrogens (tertiary/aromatic N) is 4. The van der Waals surface area contributed by atoms with Gasteiger partial charge < -0.3 is 4.90 Å². The van der Waals surface area contributed by atoms with Crippen molar-refractivity contribution in [2.24, 2.45) is 0 Å². The highest BCUT2D eigenvalue weighted by Gasteiger charge is 2.26. The first kappa shape index (κ1) is 27.2. The fourth-order valence-electron chi connectivity index (χ4n) is 3.97. The van der Waals surface area contributed by atoms with Gasteiger partial charge in [-0.2, -0.15) is 16.1 Å². The first-order chi connectivity index (χ1) is 14.4. The van der Waals surface area contributed by atoms with Gasteiger partial charge in [0.1, 0.15) is 5.82 Å². The summed E-state index contributed by atoms with van der Waals surface area (Å²) >= 11 is 1.80. The molecule has 0 atom stereocenters. The molecular weight excluding hydrogens is 487 g/mol. The Morgan fingerprint density at radius 1 is 0.844 bits per heavy atom. The molecule has 0 unspecified atom stereocenters. The molecule has 0 aliphatic carbocycles. The zero-order valence-corrected chi connectivity index (χ0v) is 21.8. The van der Waals surface area contributed by atoms with Gasteiger partial charge in [-0.3, -0.25) is 4.90 Å². The van der Waals surface area contributed by atoms with E-state index in [9.17, 15) is 8.42 Å². The quantitative estimate of drug-likeness (QED) is 0.598. The minimum Gasteiger partial charge on any atom is -0.354 e. The van der Waals surface area contributed by atoms with E-state index in [-0.39, 0.29) is 24.8 Å². The summed E-state index contributed by atoms with van der Waals surface area (Å²) in [5, 5.41) is 0. The molecule has 1 aromatic heterocycles. The van der Waals surface area contributed by atoms with Gasteiger partial charge in [-0.1, -0.05) is 12.1 Å². The smallest absolute Gasteiger partial charge is 0.243 e. The molecule has 2 aromatic rings. The van der Waals surface area contributed by atoms with Crippen LogP contribution in [0, 0.1) is 0 Å². The van der Waals surface area contributed by atoms with Crippen molar-refractivity contribution in [1.82, 2.24) is 14.2 Å². The van der Waals surface area contributed by atoms with Gasteiger partial charge in [-0.25, -0.2) is 13.4 Å². The molecule has 2 aliphatic rings. The number of piperazine rings is 1. The zero-order chi connectivity index (χ0) is 21.1. The SMILES string of the molecule is CC(C)N1CCN(c2ccc(-c3ccc(S(=O)(=O)N4CCSCC4)cc3)cn2)CC1.Cl.Cl. The van der Waals surface area contributed by atoms with Crippen molar-refractivity contribution in [2.45, 2.75) is 24.8 Å². The van der Waals surface area contributed by atoms with Crippen molar-refractivity contribution in [3.8, 4) is 11.1 Å². The summed E-state index contributed by atoms with van der Waals surface area (Å²) in [6.07, 6.45) is 1.88. The minimum absolute atomic E-state index is 0. The standard InChI is InChI=1S/C22H30N4O2S2.2ClH/c1-18(2)24-9-11-25(12-10-24)22-8-5-20(17-23-22)19-3-6-21(7-4-19)30(27,28)26-13-15-29-16-14-26;;/h3-8,17-18H,9-16H2,1-2H3;2*1H. The number of sulfonamides is 1. The predicted molar refractivity (Wildman–Crippen MR) is 139 cm³/mol. The van der Waals surface area contributed by atoms with Crippen molar-refractivity contribution in [2.75, 3.05) is 55.7 Å². The van der Waals surface area contributed by atoms with E-state index in [4.69, 9.17) is 0 Å². The number of rotatable bonds is 5. The van der Waals surface area contributed by atoms with Crippen LogP contribution in [0.4, 0.5) is 5.82 Å². The van der Waals surface area contributed by atoms with Crippen LogP contribution in [0.5, 0.6) is 0 Å². The van der Waals surface area contributed by atoms with Crippen molar-refractivity contribution >= 4 is 52.4 Å². The van der Waals surface area contributed by atoms with Crippen LogP contribution in [0.2, 0.25) is 0 Å². The molecule has 1 aromatic carbocycles. The van der Waals surface area contributed by atoms with E-state index < -0.39 is 10.0 Å². The van der Waals surface area contributed by atoms with Crippen LogP contribution < -0.4 is 4.90 Å². The van der Waals surface area contributed by atoms with Gasteiger partial charge in [0, 0.05) is 68.6 Å². The number of halogens is 2. The molecule has 2 saturated heterocycles. The lowest BCUT2D eigenvalue weighted by atomic mass is 10.1. The predicted octanol–water partition coefficient (Wildman–Crippen LogP) is 3.86. The van der Waals surface area contributed by atoms with Crippen molar-refractivity contribution in [3.63, 3.8) is 0 Å². The highest BCUT2D eigenvalue weighted by molar-refractivity contribution is 7.99. The van der Waals surface area contributed by atoms with Crippen LogP contribution in [0.25, 0.3) is 11.1 Å². The molecule has 32 heavy (non-hydrogen) atoms. The average molecular weight is 520 g/mol. The second-order valence-corrected chi connectivity index (χ2v) is 11.2. The van der Waals surface area contributed by atoms with Crippen LogP contribution in [-0.2, 0) is 10.0 Å². The molecular formula is C22H32Cl2N4O2S2. The van der Waals surface area contributed by atoms with E-state index in [1.54, 1.807) is 28.2 Å². The lowest BCUT2D eigenvalue weighted by Crippen LogP contribution is -2.49. The summed E-state index contributed by atoms with van der Waals surface area (Å²) in [6.45, 7) is 9.77. The lowest BCUT2D eigenvalue weighted by Gasteiger charge is -2.37. The Hall–Kier alpha value is -1.03. The first-order valence-electron chi connectivity index (χ1n) is 10.6. The third-order valence-corrected chi connectivity index (χ3v) is 8.77. The third-order valence-electron chi connectivity index (χ3n) is 5.91. The Morgan fingerprint density at radius 2 is 1.44 bits per heavy atom.